The monoisotopic (exact) mass is 300 g/mol. The van der Waals surface area contributed by atoms with E-state index in [9.17, 15) is 0 Å². The second kappa shape index (κ2) is 6.08. The Balaban J connectivity index is 1.76. The fraction of sp³-hybridized carbons (Fsp3) is 0.333. The average Bonchev–Trinajstić information content (AvgIpc) is 3.30. The van der Waals surface area contributed by atoms with Gasteiger partial charge in [-0.15, -0.1) is 0 Å². The SMILES string of the molecule is CN(C)c1ccc(-c2ccc(CNC3CC3)c(Cl)c2)cc1. The van der Waals surface area contributed by atoms with Crippen LogP contribution in [0.25, 0.3) is 11.1 Å². The quantitative estimate of drug-likeness (QED) is 0.884. The third-order valence-electron chi connectivity index (χ3n) is 3.93. The summed E-state index contributed by atoms with van der Waals surface area (Å²) < 4.78 is 0. The van der Waals surface area contributed by atoms with Gasteiger partial charge in [0.25, 0.3) is 0 Å². The van der Waals surface area contributed by atoms with Crippen molar-refractivity contribution in [3.63, 3.8) is 0 Å². The average molecular weight is 301 g/mol. The van der Waals surface area contributed by atoms with Crippen LogP contribution in [0.4, 0.5) is 5.69 Å². The van der Waals surface area contributed by atoms with Gasteiger partial charge in [0.1, 0.15) is 0 Å². The largest absolute Gasteiger partial charge is 0.378 e. The van der Waals surface area contributed by atoms with Gasteiger partial charge in [-0.25, -0.2) is 0 Å². The molecule has 0 aromatic heterocycles. The summed E-state index contributed by atoms with van der Waals surface area (Å²) in [5, 5.41) is 4.35. The fourth-order valence-electron chi connectivity index (χ4n) is 2.36. The molecule has 0 aliphatic heterocycles. The Morgan fingerprint density at radius 1 is 1.05 bits per heavy atom. The van der Waals surface area contributed by atoms with Gasteiger partial charge in [0.15, 0.2) is 0 Å². The van der Waals surface area contributed by atoms with Crippen LogP contribution in [0.15, 0.2) is 42.5 Å². The van der Waals surface area contributed by atoms with Crippen molar-refractivity contribution in [1.82, 2.24) is 5.32 Å². The summed E-state index contributed by atoms with van der Waals surface area (Å²) in [4.78, 5) is 2.10. The molecule has 2 nitrogen and oxygen atoms in total. The number of halogens is 1. The molecular formula is C18H21ClN2. The number of hydrogen-bond donors (Lipinski definition) is 1. The Morgan fingerprint density at radius 2 is 1.71 bits per heavy atom. The molecule has 1 saturated carbocycles. The molecule has 21 heavy (non-hydrogen) atoms. The predicted octanol–water partition coefficient (Wildman–Crippen LogP) is 4.33. The number of anilines is 1. The lowest BCUT2D eigenvalue weighted by molar-refractivity contribution is 0.688. The molecule has 3 heteroatoms. The van der Waals surface area contributed by atoms with Crippen molar-refractivity contribution in [3.05, 3.63) is 53.1 Å². The molecule has 0 spiro atoms. The molecular weight excluding hydrogens is 280 g/mol. The molecule has 110 valence electrons. The van der Waals surface area contributed by atoms with Crippen LogP contribution in [0.3, 0.4) is 0 Å². The van der Waals surface area contributed by atoms with Crippen molar-refractivity contribution in [2.45, 2.75) is 25.4 Å². The highest BCUT2D eigenvalue weighted by molar-refractivity contribution is 6.31. The minimum atomic E-state index is 0.708. The van der Waals surface area contributed by atoms with E-state index in [1.807, 2.05) is 14.1 Å². The first-order chi connectivity index (χ1) is 10.1. The lowest BCUT2D eigenvalue weighted by atomic mass is 10.0. The molecule has 0 amide bonds. The lowest BCUT2D eigenvalue weighted by Gasteiger charge is -2.13. The van der Waals surface area contributed by atoms with Gasteiger partial charge in [-0.2, -0.15) is 0 Å². The smallest absolute Gasteiger partial charge is 0.0457 e. The van der Waals surface area contributed by atoms with Crippen molar-refractivity contribution in [2.24, 2.45) is 0 Å². The van der Waals surface area contributed by atoms with Crippen LogP contribution < -0.4 is 10.2 Å². The van der Waals surface area contributed by atoms with E-state index in [1.54, 1.807) is 0 Å². The van der Waals surface area contributed by atoms with Crippen molar-refractivity contribution < 1.29 is 0 Å². The van der Waals surface area contributed by atoms with E-state index >= 15 is 0 Å². The third-order valence-corrected chi connectivity index (χ3v) is 4.28. The molecule has 1 aliphatic rings. The summed E-state index contributed by atoms with van der Waals surface area (Å²) in [6, 6.07) is 15.6. The van der Waals surface area contributed by atoms with Crippen LogP contribution >= 0.6 is 11.6 Å². The van der Waals surface area contributed by atoms with Crippen LogP contribution in [0.5, 0.6) is 0 Å². The van der Waals surface area contributed by atoms with E-state index in [0.717, 1.165) is 11.6 Å². The maximum atomic E-state index is 6.42. The predicted molar refractivity (Wildman–Crippen MR) is 91.1 cm³/mol. The zero-order valence-corrected chi connectivity index (χ0v) is 13.3. The zero-order chi connectivity index (χ0) is 14.8. The molecule has 1 N–H and O–H groups in total. The zero-order valence-electron chi connectivity index (χ0n) is 12.6. The van der Waals surface area contributed by atoms with E-state index in [4.69, 9.17) is 11.6 Å². The summed E-state index contributed by atoms with van der Waals surface area (Å²) in [6.07, 6.45) is 2.60. The molecule has 0 bridgehead atoms. The summed E-state index contributed by atoms with van der Waals surface area (Å²) in [7, 11) is 4.10. The Bertz CT molecular complexity index is 616. The van der Waals surface area contributed by atoms with E-state index in [2.05, 4.69) is 52.7 Å². The number of hydrogen-bond acceptors (Lipinski definition) is 2. The van der Waals surface area contributed by atoms with Crippen molar-refractivity contribution in [3.8, 4) is 11.1 Å². The van der Waals surface area contributed by atoms with Gasteiger partial charge >= 0.3 is 0 Å². The van der Waals surface area contributed by atoms with Crippen molar-refractivity contribution in [1.29, 1.82) is 0 Å². The maximum Gasteiger partial charge on any atom is 0.0457 e. The molecule has 0 atom stereocenters. The number of rotatable bonds is 5. The van der Waals surface area contributed by atoms with Crippen LogP contribution in [-0.4, -0.2) is 20.1 Å². The Labute approximate surface area is 131 Å². The van der Waals surface area contributed by atoms with Gasteiger partial charge in [0.2, 0.25) is 0 Å². The summed E-state index contributed by atoms with van der Waals surface area (Å²) >= 11 is 6.42. The first-order valence-corrected chi connectivity index (χ1v) is 7.81. The number of benzene rings is 2. The second-order valence-electron chi connectivity index (χ2n) is 5.90. The Morgan fingerprint density at radius 3 is 2.29 bits per heavy atom. The van der Waals surface area contributed by atoms with Crippen LogP contribution in [0.2, 0.25) is 5.02 Å². The maximum absolute atomic E-state index is 6.42. The highest BCUT2D eigenvalue weighted by Gasteiger charge is 2.20. The number of nitrogens with one attached hydrogen (secondary N) is 1. The van der Waals surface area contributed by atoms with E-state index < -0.39 is 0 Å². The highest BCUT2D eigenvalue weighted by atomic mass is 35.5. The third kappa shape index (κ3) is 3.58. The molecule has 2 aromatic carbocycles. The van der Waals surface area contributed by atoms with Gasteiger partial charge in [0, 0.05) is 37.4 Å². The van der Waals surface area contributed by atoms with Crippen LogP contribution in [0.1, 0.15) is 18.4 Å². The normalized spacial score (nSPS) is 14.2. The molecule has 0 heterocycles. The van der Waals surface area contributed by atoms with E-state index in [1.165, 1.54) is 35.2 Å². The minimum absolute atomic E-state index is 0.708. The lowest BCUT2D eigenvalue weighted by Crippen LogP contribution is -2.15. The van der Waals surface area contributed by atoms with Gasteiger partial charge in [-0.05, 0) is 47.7 Å². The minimum Gasteiger partial charge on any atom is -0.378 e. The second-order valence-corrected chi connectivity index (χ2v) is 6.31. The van der Waals surface area contributed by atoms with Gasteiger partial charge in [-0.1, -0.05) is 35.9 Å². The first kappa shape index (κ1) is 14.4. The Hall–Kier alpha value is -1.51. The molecule has 1 aliphatic carbocycles. The van der Waals surface area contributed by atoms with E-state index in [-0.39, 0.29) is 0 Å². The topological polar surface area (TPSA) is 15.3 Å². The van der Waals surface area contributed by atoms with Crippen LogP contribution in [0, 0.1) is 0 Å². The van der Waals surface area contributed by atoms with E-state index in [0.29, 0.717) is 6.04 Å². The van der Waals surface area contributed by atoms with Gasteiger partial charge in [0.05, 0.1) is 0 Å². The van der Waals surface area contributed by atoms with Crippen molar-refractivity contribution >= 4 is 17.3 Å². The molecule has 3 rings (SSSR count). The van der Waals surface area contributed by atoms with Crippen LogP contribution in [-0.2, 0) is 6.54 Å². The standard InChI is InChI=1S/C18H21ClN2/c1-21(2)17-9-5-13(6-10-17)14-3-4-15(18(19)11-14)12-20-16-7-8-16/h3-6,9-11,16,20H,7-8,12H2,1-2H3. The first-order valence-electron chi connectivity index (χ1n) is 7.43. The number of nitrogens with zero attached hydrogens (tertiary/aromatic N) is 1. The Kier molecular flexibility index (Phi) is 4.18. The molecule has 0 unspecified atom stereocenters. The van der Waals surface area contributed by atoms with Crippen molar-refractivity contribution in [2.75, 3.05) is 19.0 Å². The molecule has 0 radical (unpaired) electrons. The molecule has 2 aromatic rings. The summed E-state index contributed by atoms with van der Waals surface area (Å²) in [6.45, 7) is 0.864. The van der Waals surface area contributed by atoms with Gasteiger partial charge in [-0.3, -0.25) is 0 Å². The summed E-state index contributed by atoms with van der Waals surface area (Å²) in [5.74, 6) is 0. The molecule has 1 fully saturated rings. The van der Waals surface area contributed by atoms with Gasteiger partial charge < -0.3 is 10.2 Å². The molecule has 0 saturated heterocycles. The fourth-order valence-corrected chi connectivity index (χ4v) is 2.61. The summed E-state index contributed by atoms with van der Waals surface area (Å²) in [5.41, 5.74) is 4.75. The highest BCUT2D eigenvalue weighted by Crippen LogP contribution is 2.28.